The van der Waals surface area contributed by atoms with Crippen LogP contribution in [0.4, 0.5) is 10.2 Å². The number of nitrogen functional groups attached to an aromatic ring is 1. The molecule has 0 saturated heterocycles. The van der Waals surface area contributed by atoms with E-state index >= 15 is 0 Å². The van der Waals surface area contributed by atoms with Crippen molar-refractivity contribution in [1.29, 1.82) is 0 Å². The number of rotatable bonds is 4. The van der Waals surface area contributed by atoms with Crippen molar-refractivity contribution in [3.05, 3.63) is 29.7 Å². The first-order valence-electron chi connectivity index (χ1n) is 6.19. The van der Waals surface area contributed by atoms with Crippen LogP contribution in [0.3, 0.4) is 0 Å². The van der Waals surface area contributed by atoms with Crippen LogP contribution >= 0.6 is 0 Å². The fourth-order valence-corrected chi connectivity index (χ4v) is 2.13. The molecule has 0 saturated carbocycles. The largest absolute Gasteiger partial charge is 0.496 e. The van der Waals surface area contributed by atoms with Gasteiger partial charge in [0.1, 0.15) is 11.6 Å². The van der Waals surface area contributed by atoms with Gasteiger partial charge in [0, 0.05) is 11.3 Å². The number of benzene rings is 1. The van der Waals surface area contributed by atoms with E-state index in [-0.39, 0.29) is 5.82 Å². The minimum absolute atomic E-state index is 0.327. The van der Waals surface area contributed by atoms with Gasteiger partial charge in [-0.15, -0.1) is 0 Å². The summed E-state index contributed by atoms with van der Waals surface area (Å²) >= 11 is 0. The number of hydrogen-bond donors (Lipinski definition) is 2. The Morgan fingerprint density at radius 2 is 2.16 bits per heavy atom. The Kier molecular flexibility index (Phi) is 3.74. The zero-order valence-electron chi connectivity index (χ0n) is 11.3. The fraction of sp³-hybridized carbons (Fsp3) is 0.357. The molecule has 0 amide bonds. The zero-order valence-corrected chi connectivity index (χ0v) is 11.3. The number of H-pyrrole nitrogens is 1. The lowest BCUT2D eigenvalue weighted by Gasteiger charge is -2.11. The molecule has 5 heteroatoms. The first-order valence-corrected chi connectivity index (χ1v) is 6.19. The number of aromatic nitrogens is 2. The smallest absolute Gasteiger partial charge is 0.153 e. The summed E-state index contributed by atoms with van der Waals surface area (Å²) in [6.45, 7) is 4.20. The number of aromatic amines is 1. The molecular weight excluding hydrogens is 245 g/mol. The number of anilines is 1. The Labute approximate surface area is 111 Å². The van der Waals surface area contributed by atoms with Crippen LogP contribution < -0.4 is 10.5 Å². The van der Waals surface area contributed by atoms with Gasteiger partial charge in [-0.25, -0.2) is 4.39 Å². The quantitative estimate of drug-likeness (QED) is 0.891. The Morgan fingerprint density at radius 1 is 1.42 bits per heavy atom. The van der Waals surface area contributed by atoms with E-state index in [2.05, 4.69) is 24.0 Å². The second-order valence-corrected chi connectivity index (χ2v) is 4.90. The maximum absolute atomic E-state index is 13.5. The van der Waals surface area contributed by atoms with E-state index in [4.69, 9.17) is 10.5 Å². The maximum Gasteiger partial charge on any atom is 0.153 e. The van der Waals surface area contributed by atoms with Gasteiger partial charge in [-0.2, -0.15) is 5.10 Å². The number of hydrogen-bond acceptors (Lipinski definition) is 3. The normalized spacial score (nSPS) is 11.0. The van der Waals surface area contributed by atoms with Gasteiger partial charge in [0.25, 0.3) is 0 Å². The van der Waals surface area contributed by atoms with Gasteiger partial charge >= 0.3 is 0 Å². The average molecular weight is 263 g/mol. The van der Waals surface area contributed by atoms with E-state index in [1.54, 1.807) is 13.2 Å². The topological polar surface area (TPSA) is 63.9 Å². The van der Waals surface area contributed by atoms with E-state index in [0.717, 1.165) is 17.7 Å². The minimum atomic E-state index is -0.327. The summed E-state index contributed by atoms with van der Waals surface area (Å²) in [5.41, 5.74) is 8.16. The molecule has 0 unspecified atom stereocenters. The van der Waals surface area contributed by atoms with Crippen molar-refractivity contribution in [2.24, 2.45) is 5.92 Å². The molecule has 0 bridgehead atoms. The summed E-state index contributed by atoms with van der Waals surface area (Å²) in [5, 5.41) is 6.95. The molecule has 19 heavy (non-hydrogen) atoms. The van der Waals surface area contributed by atoms with Crippen LogP contribution in [0.5, 0.6) is 5.75 Å². The third kappa shape index (κ3) is 2.70. The molecular formula is C14H18FN3O. The van der Waals surface area contributed by atoms with Crippen LogP contribution in [-0.4, -0.2) is 17.3 Å². The molecule has 0 aliphatic carbocycles. The number of nitrogens with zero attached hydrogens (tertiary/aromatic N) is 1. The lowest BCUT2D eigenvalue weighted by Crippen LogP contribution is -1.99. The molecule has 2 rings (SSSR count). The molecule has 0 spiro atoms. The Morgan fingerprint density at radius 3 is 2.79 bits per heavy atom. The molecule has 0 fully saturated rings. The third-order valence-electron chi connectivity index (χ3n) is 2.91. The van der Waals surface area contributed by atoms with Gasteiger partial charge in [-0.05, 0) is 30.5 Å². The number of methoxy groups -OCH3 is 1. The molecule has 3 N–H and O–H groups in total. The molecule has 4 nitrogen and oxygen atoms in total. The summed E-state index contributed by atoms with van der Waals surface area (Å²) in [6, 6.07) is 4.38. The van der Waals surface area contributed by atoms with E-state index in [9.17, 15) is 4.39 Å². The highest BCUT2D eigenvalue weighted by Crippen LogP contribution is 2.36. The van der Waals surface area contributed by atoms with Crippen LogP contribution in [0.1, 0.15) is 19.5 Å². The Hall–Kier alpha value is -2.04. The highest BCUT2D eigenvalue weighted by atomic mass is 19.1. The van der Waals surface area contributed by atoms with E-state index in [0.29, 0.717) is 23.0 Å². The molecule has 1 aromatic carbocycles. The van der Waals surface area contributed by atoms with Crippen molar-refractivity contribution in [2.75, 3.05) is 12.8 Å². The van der Waals surface area contributed by atoms with Crippen molar-refractivity contribution in [1.82, 2.24) is 10.2 Å². The molecule has 1 heterocycles. The fourth-order valence-electron chi connectivity index (χ4n) is 2.13. The summed E-state index contributed by atoms with van der Waals surface area (Å²) in [4.78, 5) is 0. The van der Waals surface area contributed by atoms with Crippen molar-refractivity contribution in [3.63, 3.8) is 0 Å². The summed E-state index contributed by atoms with van der Waals surface area (Å²) in [7, 11) is 1.55. The summed E-state index contributed by atoms with van der Waals surface area (Å²) < 4.78 is 18.7. The second kappa shape index (κ2) is 5.30. The van der Waals surface area contributed by atoms with Crippen molar-refractivity contribution in [3.8, 4) is 16.9 Å². The second-order valence-electron chi connectivity index (χ2n) is 4.90. The number of nitrogens with two attached hydrogens (primary N) is 1. The van der Waals surface area contributed by atoms with Gasteiger partial charge in [0.15, 0.2) is 5.82 Å². The van der Waals surface area contributed by atoms with Crippen LogP contribution in [0, 0.1) is 11.7 Å². The predicted molar refractivity (Wildman–Crippen MR) is 73.5 cm³/mol. The van der Waals surface area contributed by atoms with E-state index in [1.807, 2.05) is 0 Å². The van der Waals surface area contributed by atoms with Gasteiger partial charge in [-0.1, -0.05) is 13.8 Å². The third-order valence-corrected chi connectivity index (χ3v) is 2.91. The number of ether oxygens (including phenoxy) is 1. The Balaban J connectivity index is 2.57. The maximum atomic E-state index is 13.5. The minimum Gasteiger partial charge on any atom is -0.496 e. The molecule has 2 aromatic rings. The predicted octanol–water partition coefficient (Wildman–Crippen LogP) is 3.01. The van der Waals surface area contributed by atoms with Gasteiger partial charge in [0.05, 0.1) is 12.7 Å². The first kappa shape index (κ1) is 13.4. The number of halogens is 1. The van der Waals surface area contributed by atoms with Crippen LogP contribution in [0.25, 0.3) is 11.1 Å². The van der Waals surface area contributed by atoms with Crippen molar-refractivity contribution >= 4 is 5.82 Å². The average Bonchev–Trinajstić information content (AvgIpc) is 2.69. The van der Waals surface area contributed by atoms with Gasteiger partial charge in [0.2, 0.25) is 0 Å². The molecule has 0 atom stereocenters. The van der Waals surface area contributed by atoms with Crippen LogP contribution in [-0.2, 0) is 6.42 Å². The van der Waals surface area contributed by atoms with E-state index < -0.39 is 0 Å². The first-order chi connectivity index (χ1) is 9.02. The summed E-state index contributed by atoms with van der Waals surface area (Å²) in [5.74, 6) is 1.06. The molecule has 0 aliphatic heterocycles. The molecule has 102 valence electrons. The van der Waals surface area contributed by atoms with Crippen molar-refractivity contribution in [2.45, 2.75) is 20.3 Å². The highest BCUT2D eigenvalue weighted by Gasteiger charge is 2.18. The van der Waals surface area contributed by atoms with Gasteiger partial charge < -0.3 is 10.5 Å². The van der Waals surface area contributed by atoms with E-state index in [1.165, 1.54) is 12.1 Å². The molecule has 0 radical (unpaired) electrons. The number of nitrogens with one attached hydrogen (secondary N) is 1. The lowest BCUT2D eigenvalue weighted by molar-refractivity contribution is 0.415. The van der Waals surface area contributed by atoms with Crippen LogP contribution in [0.15, 0.2) is 18.2 Å². The lowest BCUT2D eigenvalue weighted by atomic mass is 9.98. The standard InChI is InChI=1S/C14H18FN3O/c1-8(2)6-11-13(14(16)18-17-11)10-7-9(15)4-5-12(10)19-3/h4-5,7-8H,6H2,1-3H3,(H3,16,17,18). The molecule has 1 aromatic heterocycles. The van der Waals surface area contributed by atoms with Gasteiger partial charge in [-0.3, -0.25) is 5.10 Å². The SMILES string of the molecule is COc1ccc(F)cc1-c1c(N)n[nH]c1CC(C)C. The highest BCUT2D eigenvalue weighted by molar-refractivity contribution is 5.80. The molecule has 0 aliphatic rings. The zero-order chi connectivity index (χ0) is 14.0. The Bertz CT molecular complexity index is 578. The van der Waals surface area contributed by atoms with Crippen LogP contribution in [0.2, 0.25) is 0 Å². The van der Waals surface area contributed by atoms with Crippen molar-refractivity contribution < 1.29 is 9.13 Å². The summed E-state index contributed by atoms with van der Waals surface area (Å²) in [6.07, 6.45) is 0.791. The monoisotopic (exact) mass is 263 g/mol.